The van der Waals surface area contributed by atoms with Gasteiger partial charge in [-0.05, 0) is 32.1 Å². The Kier molecular flexibility index (Phi) is 31.1. The van der Waals surface area contributed by atoms with Crippen LogP contribution in [-0.4, -0.2) is 30.8 Å². The Labute approximate surface area is 197 Å². The Hall–Kier alpha value is 0.00870. The molecule has 0 saturated carbocycles. The third-order valence-electron chi connectivity index (χ3n) is 5.46. The van der Waals surface area contributed by atoms with Gasteiger partial charge in [0.15, 0.2) is 0 Å². The van der Waals surface area contributed by atoms with E-state index in [0.29, 0.717) is 6.42 Å². The number of carbonyl (C=O) groups is 1. The zero-order chi connectivity index (χ0) is 22.7. The maximum absolute atomic E-state index is 10.3. The van der Waals surface area contributed by atoms with Gasteiger partial charge in [0.1, 0.15) is 0 Å². The summed E-state index contributed by atoms with van der Waals surface area (Å²) < 4.78 is 4.93. The molecule has 1 N–H and O–H groups in total. The predicted molar refractivity (Wildman–Crippen MR) is 138 cm³/mol. The molecule has 0 aromatic rings. The first kappa shape index (κ1) is 32.2. The van der Waals surface area contributed by atoms with E-state index in [2.05, 4.69) is 39.8 Å². The van der Waals surface area contributed by atoms with Crippen molar-refractivity contribution in [3.05, 3.63) is 12.2 Å². The second-order valence-electron chi connectivity index (χ2n) is 8.73. The number of allylic oxidation sites excluding steroid dienone is 2. The Morgan fingerprint density at radius 3 is 1.40 bits per heavy atom. The molecule has 30 heavy (non-hydrogen) atoms. The van der Waals surface area contributed by atoms with Crippen molar-refractivity contribution in [3.8, 4) is 0 Å². The molecule has 0 bridgehead atoms. The number of carboxylic acids is 1. The van der Waals surface area contributed by atoms with Gasteiger partial charge in [0.05, 0.1) is 0 Å². The quantitative estimate of drug-likeness (QED) is 0.0911. The molecule has 2 nitrogen and oxygen atoms in total. The van der Waals surface area contributed by atoms with E-state index in [0.717, 1.165) is 12.8 Å². The van der Waals surface area contributed by atoms with Crippen molar-refractivity contribution < 1.29 is 9.90 Å². The number of hydrogen-bond donors (Lipinski definition) is 1. The van der Waals surface area contributed by atoms with Gasteiger partial charge in [0, 0.05) is 6.42 Å². The molecule has 0 heterocycles. The minimum atomic E-state index is -0.759. The molecule has 0 amide bonds. The number of unbranched alkanes of at least 4 members (excludes halogenated alkanes) is 11. The van der Waals surface area contributed by atoms with Crippen LogP contribution in [-0.2, 0) is 4.79 Å². The van der Waals surface area contributed by atoms with E-state index in [1.54, 1.807) is 13.3 Å². The summed E-state index contributed by atoms with van der Waals surface area (Å²) in [6.45, 7) is 9.28. The Morgan fingerprint density at radius 2 is 1.00 bits per heavy atom. The van der Waals surface area contributed by atoms with Crippen LogP contribution in [0.15, 0.2) is 12.2 Å². The Bertz CT molecular complexity index is 341. The van der Waals surface area contributed by atoms with E-state index in [-0.39, 0.29) is 0 Å². The van der Waals surface area contributed by atoms with Gasteiger partial charge in [-0.1, -0.05) is 70.4 Å². The van der Waals surface area contributed by atoms with Crippen molar-refractivity contribution in [2.45, 2.75) is 150 Å². The standard InChI is InChI=1S/C18H34O2.3C3H7.Sn/c1-2-3-4-5-6-7-8-9-10-11-12-13-14-15-16-17-18(19)20;3*1-3-2;/h9-10H,2-8,11-17H2,1H3,(H,19,20);3*1,3H2,2H3;. The van der Waals surface area contributed by atoms with Crippen molar-refractivity contribution >= 4 is 25.7 Å². The molecule has 3 heteroatoms. The first-order valence-electron chi connectivity index (χ1n) is 13.3. The minimum absolute atomic E-state index is 0.332. The van der Waals surface area contributed by atoms with Crippen LogP contribution in [0.4, 0.5) is 0 Å². The molecule has 0 aliphatic rings. The van der Waals surface area contributed by atoms with E-state index in [4.69, 9.17) is 5.11 Å². The van der Waals surface area contributed by atoms with Crippen molar-refractivity contribution in [2.75, 3.05) is 0 Å². The van der Waals surface area contributed by atoms with Crippen LogP contribution in [0, 0.1) is 0 Å². The van der Waals surface area contributed by atoms with Gasteiger partial charge in [0.2, 0.25) is 0 Å². The number of hydrogen-bond acceptors (Lipinski definition) is 1. The summed E-state index contributed by atoms with van der Waals surface area (Å²) in [5.74, 6) is -0.664. The molecule has 0 aliphatic heterocycles. The SMILES string of the molecule is CCCCCCCCC=CCCCCCCCC(=O)O.CC[CH2][Sn]([CH2]CC)[CH2]CC. The molecule has 0 fully saturated rings. The van der Waals surface area contributed by atoms with Crippen LogP contribution < -0.4 is 0 Å². The van der Waals surface area contributed by atoms with Crippen LogP contribution in [0.3, 0.4) is 0 Å². The van der Waals surface area contributed by atoms with E-state index in [9.17, 15) is 4.79 Å². The predicted octanol–water partition coefficient (Wildman–Crippen LogP) is 9.82. The fourth-order valence-corrected chi connectivity index (χ4v) is 12.0. The van der Waals surface area contributed by atoms with Gasteiger partial charge in [0.25, 0.3) is 0 Å². The molecule has 179 valence electrons. The van der Waals surface area contributed by atoms with Crippen LogP contribution >= 0.6 is 0 Å². The van der Waals surface area contributed by atoms with Crippen LogP contribution in [0.2, 0.25) is 13.3 Å². The first-order chi connectivity index (χ1) is 14.6. The topological polar surface area (TPSA) is 37.3 Å². The van der Waals surface area contributed by atoms with Gasteiger partial charge in [-0.15, -0.1) is 0 Å². The molecule has 0 atom stereocenters. The zero-order valence-corrected chi connectivity index (χ0v) is 24.0. The fraction of sp³-hybridized carbons (Fsp3) is 0.889. The molecule has 0 rings (SSSR count). The van der Waals surface area contributed by atoms with Gasteiger partial charge in [-0.3, -0.25) is 4.79 Å². The summed E-state index contributed by atoms with van der Waals surface area (Å²) in [7, 11) is 0. The fourth-order valence-electron chi connectivity index (χ4n) is 3.78. The molecule has 0 unspecified atom stereocenters. The van der Waals surface area contributed by atoms with E-state index in [1.807, 2.05) is 0 Å². The van der Waals surface area contributed by atoms with E-state index in [1.165, 1.54) is 89.9 Å². The van der Waals surface area contributed by atoms with Crippen LogP contribution in [0.5, 0.6) is 0 Å². The Morgan fingerprint density at radius 1 is 0.600 bits per heavy atom. The number of carboxylic acid groups (broad SMARTS) is 1. The number of aliphatic carboxylic acids is 1. The average Bonchev–Trinajstić information content (AvgIpc) is 2.72. The second-order valence-corrected chi connectivity index (χ2v) is 17.3. The molecular formula is C27H55O2Sn. The number of rotatable bonds is 21. The van der Waals surface area contributed by atoms with Gasteiger partial charge >= 0.3 is 79.1 Å². The molecular weight excluding hydrogens is 475 g/mol. The second kappa shape index (κ2) is 29.0. The average molecular weight is 530 g/mol. The molecule has 0 saturated heterocycles. The van der Waals surface area contributed by atoms with E-state index >= 15 is 0 Å². The van der Waals surface area contributed by atoms with Gasteiger partial charge < -0.3 is 5.11 Å². The molecule has 1 radical (unpaired) electrons. The van der Waals surface area contributed by atoms with Crippen molar-refractivity contribution in [3.63, 3.8) is 0 Å². The van der Waals surface area contributed by atoms with Crippen molar-refractivity contribution in [2.24, 2.45) is 0 Å². The molecule has 0 spiro atoms. The van der Waals surface area contributed by atoms with Crippen molar-refractivity contribution in [1.82, 2.24) is 0 Å². The monoisotopic (exact) mass is 531 g/mol. The van der Waals surface area contributed by atoms with Gasteiger partial charge in [-0.25, -0.2) is 0 Å². The third-order valence-corrected chi connectivity index (χ3v) is 15.8. The summed E-state index contributed by atoms with van der Waals surface area (Å²) in [5, 5.41) is 8.51. The first-order valence-corrected chi connectivity index (χ1v) is 19.4. The summed E-state index contributed by atoms with van der Waals surface area (Å²) in [5.41, 5.74) is 0. The summed E-state index contributed by atoms with van der Waals surface area (Å²) in [6, 6.07) is 0. The van der Waals surface area contributed by atoms with Crippen molar-refractivity contribution in [1.29, 1.82) is 0 Å². The van der Waals surface area contributed by atoms with E-state index < -0.39 is 25.7 Å². The molecule has 0 aromatic carbocycles. The van der Waals surface area contributed by atoms with Crippen LogP contribution in [0.1, 0.15) is 137 Å². The summed E-state index contributed by atoms with van der Waals surface area (Å²) in [4.78, 5) is 10.3. The third kappa shape index (κ3) is 30.2. The zero-order valence-electron chi connectivity index (χ0n) is 21.2. The maximum atomic E-state index is 10.3. The van der Waals surface area contributed by atoms with Gasteiger partial charge in [-0.2, -0.15) is 0 Å². The Balaban J connectivity index is 0. The molecule has 0 aromatic heterocycles. The summed E-state index contributed by atoms with van der Waals surface area (Å²) in [6.07, 6.45) is 25.6. The van der Waals surface area contributed by atoms with Crippen LogP contribution in [0.25, 0.3) is 0 Å². The molecule has 0 aliphatic carbocycles. The normalized spacial score (nSPS) is 11.1. The summed E-state index contributed by atoms with van der Waals surface area (Å²) >= 11 is -0.759.